The molecule has 1 aromatic carbocycles. The average Bonchev–Trinajstić information content (AvgIpc) is 3.30. The molecule has 0 unspecified atom stereocenters. The molecule has 0 spiro atoms. The van der Waals surface area contributed by atoms with Gasteiger partial charge in [-0.15, -0.1) is 0 Å². The Kier molecular flexibility index (Phi) is 4.48. The van der Waals surface area contributed by atoms with Crippen LogP contribution in [-0.2, 0) is 4.79 Å². The summed E-state index contributed by atoms with van der Waals surface area (Å²) in [5.41, 5.74) is 1.25. The first-order valence-corrected chi connectivity index (χ1v) is 8.36. The number of carbonyl (C=O) groups excluding carboxylic acids is 1. The number of benzene rings is 1. The minimum Gasteiger partial charge on any atom is -0.486 e. The molecule has 1 amide bonds. The van der Waals surface area contributed by atoms with Gasteiger partial charge in [-0.3, -0.25) is 4.79 Å². The maximum atomic E-state index is 12.2. The first kappa shape index (κ1) is 16.1. The number of carbonyl (C=O) groups is 1. The molecule has 1 saturated carbocycles. The molecule has 1 aliphatic carbocycles. The zero-order chi connectivity index (χ0) is 16.4. The molecule has 0 bridgehead atoms. The van der Waals surface area contributed by atoms with E-state index in [2.05, 4.69) is 31.4 Å². The molecular weight excluding hydrogens is 292 g/mol. The molecule has 3 rings (SSSR count). The molecule has 0 saturated heterocycles. The molecule has 0 radical (unpaired) electrons. The molecule has 5 heteroatoms. The molecular formula is C18H26N2O3. The van der Waals surface area contributed by atoms with E-state index >= 15 is 0 Å². The summed E-state index contributed by atoms with van der Waals surface area (Å²) in [5, 5.41) is 6.39. The van der Waals surface area contributed by atoms with E-state index in [-0.39, 0.29) is 17.4 Å². The fourth-order valence-electron chi connectivity index (χ4n) is 2.90. The largest absolute Gasteiger partial charge is 0.486 e. The Balaban J connectivity index is 1.48. The molecule has 1 heterocycles. The summed E-state index contributed by atoms with van der Waals surface area (Å²) in [5.74, 6) is 2.15. The average molecular weight is 318 g/mol. The summed E-state index contributed by atoms with van der Waals surface area (Å²) in [7, 11) is 0. The lowest BCUT2D eigenvalue weighted by Crippen LogP contribution is -2.41. The maximum Gasteiger partial charge on any atom is 0.223 e. The van der Waals surface area contributed by atoms with Crippen LogP contribution in [0.5, 0.6) is 11.5 Å². The van der Waals surface area contributed by atoms with Crippen LogP contribution in [0.1, 0.15) is 38.7 Å². The van der Waals surface area contributed by atoms with Gasteiger partial charge in [-0.25, -0.2) is 0 Å². The molecule has 1 fully saturated rings. The van der Waals surface area contributed by atoms with Gasteiger partial charge in [-0.1, -0.05) is 6.07 Å². The van der Waals surface area contributed by atoms with Crippen LogP contribution in [0, 0.1) is 5.92 Å². The zero-order valence-electron chi connectivity index (χ0n) is 14.1. The van der Waals surface area contributed by atoms with Crippen molar-refractivity contribution in [2.24, 2.45) is 5.92 Å². The van der Waals surface area contributed by atoms with Crippen LogP contribution in [0.3, 0.4) is 0 Å². The van der Waals surface area contributed by atoms with E-state index in [1.54, 1.807) is 0 Å². The monoisotopic (exact) mass is 318 g/mol. The second-order valence-corrected chi connectivity index (χ2v) is 7.32. The number of hydrogen-bond acceptors (Lipinski definition) is 4. The second-order valence-electron chi connectivity index (χ2n) is 7.32. The van der Waals surface area contributed by atoms with Crippen LogP contribution in [0.15, 0.2) is 18.2 Å². The molecule has 1 aliphatic heterocycles. The van der Waals surface area contributed by atoms with Crippen LogP contribution in [0.4, 0.5) is 0 Å². The van der Waals surface area contributed by atoms with Crippen LogP contribution >= 0.6 is 0 Å². The smallest absolute Gasteiger partial charge is 0.223 e. The van der Waals surface area contributed by atoms with Crippen LogP contribution in [0.25, 0.3) is 0 Å². The van der Waals surface area contributed by atoms with Gasteiger partial charge in [0.1, 0.15) is 13.2 Å². The third kappa shape index (κ3) is 4.16. The van der Waals surface area contributed by atoms with Crippen molar-refractivity contribution in [1.29, 1.82) is 0 Å². The van der Waals surface area contributed by atoms with E-state index in [0.717, 1.165) is 24.5 Å². The Morgan fingerprint density at radius 3 is 2.65 bits per heavy atom. The molecule has 126 valence electrons. The Hall–Kier alpha value is -1.75. The van der Waals surface area contributed by atoms with Gasteiger partial charge < -0.3 is 20.1 Å². The van der Waals surface area contributed by atoms with Crippen molar-refractivity contribution < 1.29 is 14.3 Å². The summed E-state index contributed by atoms with van der Waals surface area (Å²) >= 11 is 0. The Labute approximate surface area is 137 Å². The molecule has 0 aromatic heterocycles. The molecule has 2 aliphatic rings. The fraction of sp³-hybridized carbons (Fsp3) is 0.611. The van der Waals surface area contributed by atoms with E-state index < -0.39 is 0 Å². The van der Waals surface area contributed by atoms with Crippen molar-refractivity contribution in [3.63, 3.8) is 0 Å². The standard InChI is InChI=1S/C18H26N2O3/c1-18(2,3)20-7-6-19-17(21)14-11-13(14)12-4-5-15-16(10-12)23-9-8-22-15/h4-5,10,13-14,20H,6-9,11H2,1-3H3,(H,19,21)/t13-,14+/m0/s1. The van der Waals surface area contributed by atoms with E-state index in [1.165, 1.54) is 5.56 Å². The number of hydrogen-bond donors (Lipinski definition) is 2. The highest BCUT2D eigenvalue weighted by Gasteiger charge is 2.44. The summed E-state index contributed by atoms with van der Waals surface area (Å²) in [6, 6.07) is 6.02. The minimum absolute atomic E-state index is 0.0814. The first-order chi connectivity index (χ1) is 10.9. The van der Waals surface area contributed by atoms with Crippen molar-refractivity contribution in [1.82, 2.24) is 10.6 Å². The predicted molar refractivity (Wildman–Crippen MR) is 89.0 cm³/mol. The zero-order valence-corrected chi connectivity index (χ0v) is 14.1. The summed E-state index contributed by atoms with van der Waals surface area (Å²) < 4.78 is 11.1. The lowest BCUT2D eigenvalue weighted by atomic mass is 10.1. The second kappa shape index (κ2) is 6.40. The summed E-state index contributed by atoms with van der Waals surface area (Å²) in [6.45, 7) is 9.00. The van der Waals surface area contributed by atoms with E-state index in [0.29, 0.717) is 25.7 Å². The first-order valence-electron chi connectivity index (χ1n) is 8.36. The molecule has 5 nitrogen and oxygen atoms in total. The number of ether oxygens (including phenoxy) is 2. The predicted octanol–water partition coefficient (Wildman–Crippen LogP) is 2.07. The molecule has 1 aromatic rings. The van der Waals surface area contributed by atoms with Gasteiger partial charge in [-0.2, -0.15) is 0 Å². The van der Waals surface area contributed by atoms with E-state index in [1.807, 2.05) is 18.2 Å². The number of rotatable bonds is 5. The van der Waals surface area contributed by atoms with Crippen molar-refractivity contribution in [2.75, 3.05) is 26.3 Å². The molecule has 2 atom stereocenters. The Morgan fingerprint density at radius 1 is 1.17 bits per heavy atom. The normalized spacial score (nSPS) is 22.6. The molecule has 23 heavy (non-hydrogen) atoms. The van der Waals surface area contributed by atoms with Crippen LogP contribution in [-0.4, -0.2) is 37.7 Å². The van der Waals surface area contributed by atoms with Gasteiger partial charge in [0.15, 0.2) is 11.5 Å². The van der Waals surface area contributed by atoms with Crippen molar-refractivity contribution in [2.45, 2.75) is 38.6 Å². The Bertz CT molecular complexity index is 580. The highest BCUT2D eigenvalue weighted by molar-refractivity contribution is 5.83. The third-order valence-corrected chi connectivity index (χ3v) is 4.20. The number of fused-ring (bicyclic) bond motifs is 1. The van der Waals surface area contributed by atoms with Crippen LogP contribution in [0.2, 0.25) is 0 Å². The quantitative estimate of drug-likeness (QED) is 0.816. The fourth-order valence-corrected chi connectivity index (χ4v) is 2.90. The lowest BCUT2D eigenvalue weighted by Gasteiger charge is -2.20. The van der Waals surface area contributed by atoms with Gasteiger partial charge in [-0.05, 0) is 50.8 Å². The summed E-state index contributed by atoms with van der Waals surface area (Å²) in [6.07, 6.45) is 0.915. The minimum atomic E-state index is 0.0814. The summed E-state index contributed by atoms with van der Waals surface area (Å²) in [4.78, 5) is 12.2. The Morgan fingerprint density at radius 2 is 1.91 bits per heavy atom. The van der Waals surface area contributed by atoms with Gasteiger partial charge in [0.05, 0.1) is 0 Å². The number of nitrogens with one attached hydrogen (secondary N) is 2. The van der Waals surface area contributed by atoms with Crippen LogP contribution < -0.4 is 20.1 Å². The van der Waals surface area contributed by atoms with E-state index in [4.69, 9.17) is 9.47 Å². The highest BCUT2D eigenvalue weighted by Crippen LogP contribution is 2.49. The van der Waals surface area contributed by atoms with Gasteiger partial charge in [0, 0.05) is 24.5 Å². The van der Waals surface area contributed by atoms with Gasteiger partial charge in [0.2, 0.25) is 5.91 Å². The van der Waals surface area contributed by atoms with Gasteiger partial charge >= 0.3 is 0 Å². The van der Waals surface area contributed by atoms with Gasteiger partial charge in [0.25, 0.3) is 0 Å². The van der Waals surface area contributed by atoms with Crippen molar-refractivity contribution >= 4 is 5.91 Å². The van der Waals surface area contributed by atoms with Crippen molar-refractivity contribution in [3.05, 3.63) is 23.8 Å². The highest BCUT2D eigenvalue weighted by atomic mass is 16.6. The topological polar surface area (TPSA) is 59.6 Å². The third-order valence-electron chi connectivity index (χ3n) is 4.20. The lowest BCUT2D eigenvalue weighted by molar-refractivity contribution is -0.122. The SMILES string of the molecule is CC(C)(C)NCCNC(=O)[C@@H]1C[C@H]1c1ccc2c(c1)OCCO2. The van der Waals surface area contributed by atoms with Crippen molar-refractivity contribution in [3.8, 4) is 11.5 Å². The van der Waals surface area contributed by atoms with E-state index in [9.17, 15) is 4.79 Å². The number of amides is 1. The molecule has 2 N–H and O–H groups in total. The maximum absolute atomic E-state index is 12.2.